The molecule has 0 bridgehead atoms. The Hall–Kier alpha value is -9.39. The van der Waals surface area contributed by atoms with Crippen molar-refractivity contribution in [1.82, 2.24) is 9.13 Å². The Morgan fingerprint density at radius 1 is 0.386 bits per heavy atom. The van der Waals surface area contributed by atoms with Crippen LogP contribution in [0.1, 0.15) is 16.7 Å². The van der Waals surface area contributed by atoms with Gasteiger partial charge in [-0.05, 0) is 101 Å². The Morgan fingerprint density at radius 2 is 0.843 bits per heavy atom. The van der Waals surface area contributed by atoms with Gasteiger partial charge in [0, 0.05) is 72.2 Å². The van der Waals surface area contributed by atoms with Crippen LogP contribution in [0.3, 0.4) is 0 Å². The molecule has 2 N–H and O–H groups in total. The standard InChI is InChI=1S/C64H42N4O2/c65-64(42-16-6-2-7-17-42)66-55(41-14-4-1-5-15-41)31-26-40-24-29-46(30-25-40)68-57-33-28-44(35-50(57)52-37-54-48-21-11-13-23-61(48)70-63(54)39-59(52)68)43-27-32-56-49(34-43)51-36-53-47-20-10-12-22-60(47)69-62(53)38-58(51)67(56)45-18-8-3-9-19-45/h1-25,27-39H,26H2,(H2,65,66)/b55-31-. The molecule has 0 aliphatic carbocycles. The van der Waals surface area contributed by atoms with Crippen LogP contribution in [0.2, 0.25) is 0 Å². The van der Waals surface area contributed by atoms with E-state index >= 15 is 0 Å². The summed E-state index contributed by atoms with van der Waals surface area (Å²) in [5, 5.41) is 9.17. The molecule has 0 aliphatic heterocycles. The second kappa shape index (κ2) is 15.9. The first-order valence-electron chi connectivity index (χ1n) is 23.7. The van der Waals surface area contributed by atoms with E-state index in [1.807, 2.05) is 72.8 Å². The van der Waals surface area contributed by atoms with Gasteiger partial charge in [0.1, 0.15) is 28.2 Å². The van der Waals surface area contributed by atoms with Crippen LogP contribution in [-0.4, -0.2) is 15.0 Å². The van der Waals surface area contributed by atoms with Crippen LogP contribution in [0.4, 0.5) is 0 Å². The molecule has 0 saturated heterocycles. The number of furan rings is 2. The first-order valence-corrected chi connectivity index (χ1v) is 23.7. The Balaban J connectivity index is 0.908. The van der Waals surface area contributed by atoms with E-state index in [-0.39, 0.29) is 0 Å². The van der Waals surface area contributed by atoms with Gasteiger partial charge in [0.2, 0.25) is 0 Å². The number of nitrogens with two attached hydrogens (primary N) is 1. The summed E-state index contributed by atoms with van der Waals surface area (Å²) in [7, 11) is 0. The fraction of sp³-hybridized carbons (Fsp3) is 0.0156. The monoisotopic (exact) mass is 898 g/mol. The summed E-state index contributed by atoms with van der Waals surface area (Å²) >= 11 is 0. The summed E-state index contributed by atoms with van der Waals surface area (Å²) in [5.74, 6) is 0.486. The maximum absolute atomic E-state index is 6.55. The molecule has 0 radical (unpaired) electrons. The first-order chi connectivity index (χ1) is 34.6. The number of para-hydroxylation sites is 3. The van der Waals surface area contributed by atoms with Crippen LogP contribution in [0.25, 0.3) is 116 Å². The van der Waals surface area contributed by atoms with Crippen molar-refractivity contribution in [2.45, 2.75) is 6.42 Å². The van der Waals surface area contributed by atoms with Crippen LogP contribution < -0.4 is 5.73 Å². The summed E-state index contributed by atoms with van der Waals surface area (Å²) < 4.78 is 17.7. The van der Waals surface area contributed by atoms with E-state index in [9.17, 15) is 0 Å². The van der Waals surface area contributed by atoms with Gasteiger partial charge in [0.15, 0.2) is 0 Å². The van der Waals surface area contributed by atoms with Crippen molar-refractivity contribution in [2.75, 3.05) is 0 Å². The van der Waals surface area contributed by atoms with Gasteiger partial charge in [-0.2, -0.15) is 0 Å². The van der Waals surface area contributed by atoms with Crippen LogP contribution in [-0.2, 0) is 6.42 Å². The van der Waals surface area contributed by atoms with E-state index < -0.39 is 0 Å². The Labute approximate surface area is 402 Å². The predicted octanol–water partition coefficient (Wildman–Crippen LogP) is 16.3. The molecule has 6 heteroatoms. The number of aromatic nitrogens is 2. The van der Waals surface area contributed by atoms with Gasteiger partial charge in [-0.15, -0.1) is 0 Å². The molecule has 4 heterocycles. The molecule has 0 fully saturated rings. The third-order valence-corrected chi connectivity index (χ3v) is 14.0. The highest BCUT2D eigenvalue weighted by Gasteiger charge is 2.20. The molecule has 0 unspecified atom stereocenters. The second-order valence-corrected chi connectivity index (χ2v) is 18.1. The van der Waals surface area contributed by atoms with Crippen LogP contribution in [0.15, 0.2) is 244 Å². The number of allylic oxidation sites excluding steroid dienone is 1. The molecule has 330 valence electrons. The van der Waals surface area contributed by atoms with Gasteiger partial charge in [-0.1, -0.05) is 146 Å². The highest BCUT2D eigenvalue weighted by molar-refractivity contribution is 6.20. The minimum atomic E-state index is 0.486. The molecule has 0 saturated carbocycles. The number of benzene rings is 10. The lowest BCUT2D eigenvalue weighted by molar-refractivity contribution is 0.669. The number of hydrogen-bond acceptors (Lipinski definition) is 3. The van der Waals surface area contributed by atoms with Crippen LogP contribution in [0.5, 0.6) is 0 Å². The zero-order chi connectivity index (χ0) is 46.3. The van der Waals surface area contributed by atoms with Crippen molar-refractivity contribution in [3.8, 4) is 22.5 Å². The number of nitrogens with zero attached hydrogens (tertiary/aromatic N) is 3. The van der Waals surface area contributed by atoms with Crippen molar-refractivity contribution in [2.24, 2.45) is 10.7 Å². The lowest BCUT2D eigenvalue weighted by Crippen LogP contribution is -2.13. The van der Waals surface area contributed by atoms with Gasteiger partial charge < -0.3 is 23.7 Å². The Bertz CT molecular complexity index is 4420. The molecular formula is C64H42N4O2. The van der Waals surface area contributed by atoms with Gasteiger partial charge >= 0.3 is 0 Å². The smallest absolute Gasteiger partial charge is 0.137 e. The summed E-state index contributed by atoms with van der Waals surface area (Å²) in [6.07, 6.45) is 2.85. The molecule has 10 aromatic carbocycles. The number of hydrogen-bond donors (Lipinski definition) is 1. The zero-order valence-corrected chi connectivity index (χ0v) is 37.9. The highest BCUT2D eigenvalue weighted by atomic mass is 16.3. The molecule has 14 aromatic rings. The van der Waals surface area contributed by atoms with Crippen molar-refractivity contribution in [3.05, 3.63) is 247 Å². The third kappa shape index (κ3) is 6.45. The van der Waals surface area contributed by atoms with Crippen molar-refractivity contribution in [1.29, 1.82) is 0 Å². The van der Waals surface area contributed by atoms with E-state index in [0.717, 1.165) is 105 Å². The summed E-state index contributed by atoms with van der Waals surface area (Å²) in [6.45, 7) is 0. The molecule has 6 nitrogen and oxygen atoms in total. The predicted molar refractivity (Wildman–Crippen MR) is 290 cm³/mol. The largest absolute Gasteiger partial charge is 0.456 e. The SMILES string of the molecule is NC(=N/C(=C\Cc1ccc(-n2c3ccc(-c4ccc5c(c4)c4cc6c(cc4n5-c4ccccc4)oc4ccccc46)cc3c3cc4c(cc32)oc2ccccc24)cc1)c1ccccc1)c1ccccc1. The molecule has 0 spiro atoms. The minimum Gasteiger partial charge on any atom is -0.456 e. The number of aliphatic imine (C=N–C) groups is 1. The lowest BCUT2D eigenvalue weighted by Gasteiger charge is -2.10. The van der Waals surface area contributed by atoms with Gasteiger partial charge in [-0.25, -0.2) is 4.99 Å². The molecule has 14 rings (SSSR count). The summed E-state index contributed by atoms with van der Waals surface area (Å²) in [4.78, 5) is 4.93. The van der Waals surface area contributed by atoms with E-state index in [2.05, 4.69) is 167 Å². The fourth-order valence-electron chi connectivity index (χ4n) is 10.6. The van der Waals surface area contributed by atoms with Gasteiger partial charge in [0.25, 0.3) is 0 Å². The fourth-order valence-corrected chi connectivity index (χ4v) is 10.6. The van der Waals surface area contributed by atoms with Crippen LogP contribution in [0, 0.1) is 0 Å². The van der Waals surface area contributed by atoms with E-state index in [1.165, 1.54) is 27.1 Å². The van der Waals surface area contributed by atoms with Crippen molar-refractivity contribution in [3.63, 3.8) is 0 Å². The summed E-state index contributed by atoms with van der Waals surface area (Å²) in [5.41, 5.74) is 22.9. The zero-order valence-electron chi connectivity index (χ0n) is 37.9. The Kier molecular flexibility index (Phi) is 9.01. The highest BCUT2D eigenvalue weighted by Crippen LogP contribution is 2.43. The average Bonchev–Trinajstić information content (AvgIpc) is 4.16. The lowest BCUT2D eigenvalue weighted by atomic mass is 10.00. The molecule has 0 amide bonds. The number of amidine groups is 1. The summed E-state index contributed by atoms with van der Waals surface area (Å²) in [6, 6.07) is 79.1. The number of rotatable bonds is 8. The minimum absolute atomic E-state index is 0.486. The van der Waals surface area contributed by atoms with Crippen molar-refractivity contribution < 1.29 is 8.83 Å². The maximum Gasteiger partial charge on any atom is 0.137 e. The first kappa shape index (κ1) is 39.7. The second-order valence-electron chi connectivity index (χ2n) is 18.1. The quantitative estimate of drug-likeness (QED) is 0.122. The normalized spacial score (nSPS) is 12.6. The van der Waals surface area contributed by atoms with E-state index in [4.69, 9.17) is 19.6 Å². The van der Waals surface area contributed by atoms with E-state index in [0.29, 0.717) is 12.3 Å². The molecule has 0 aliphatic rings. The molecule has 4 aromatic heterocycles. The third-order valence-electron chi connectivity index (χ3n) is 14.0. The molecule has 0 atom stereocenters. The number of fused-ring (bicyclic) bond motifs is 12. The Morgan fingerprint density at radius 3 is 1.39 bits per heavy atom. The van der Waals surface area contributed by atoms with E-state index in [1.54, 1.807) is 0 Å². The van der Waals surface area contributed by atoms with Gasteiger partial charge in [-0.3, -0.25) is 0 Å². The average molecular weight is 899 g/mol. The van der Waals surface area contributed by atoms with Crippen LogP contribution >= 0.6 is 0 Å². The van der Waals surface area contributed by atoms with Gasteiger partial charge in [0.05, 0.1) is 27.8 Å². The maximum atomic E-state index is 6.55. The topological polar surface area (TPSA) is 74.5 Å². The molecule has 70 heavy (non-hydrogen) atoms. The molecular weight excluding hydrogens is 857 g/mol. The van der Waals surface area contributed by atoms with Crippen molar-refractivity contribution >= 4 is 99.0 Å².